The molecule has 0 radical (unpaired) electrons. The van der Waals surface area contributed by atoms with Crippen LogP contribution in [0.15, 0.2) is 48.5 Å². The molecule has 1 N–H and O–H groups in total. The Balaban J connectivity index is 1.84. The lowest BCUT2D eigenvalue weighted by Gasteiger charge is -2.08. The third-order valence-electron chi connectivity index (χ3n) is 4.23. The van der Waals surface area contributed by atoms with Gasteiger partial charge in [-0.25, -0.2) is 4.39 Å². The number of aryl methyl sites for hydroxylation is 1. The van der Waals surface area contributed by atoms with Crippen LogP contribution in [0.2, 0.25) is 0 Å². The molecule has 1 aromatic heterocycles. The first kappa shape index (κ1) is 17.7. The van der Waals surface area contributed by atoms with Crippen LogP contribution in [-0.4, -0.2) is 22.8 Å². The number of carbonyl (C=O) groups excluding carboxylic acids is 1. The van der Waals surface area contributed by atoms with Crippen LogP contribution in [0.4, 0.5) is 10.1 Å². The van der Waals surface area contributed by atoms with E-state index in [-0.39, 0.29) is 11.7 Å². The number of aromatic nitrogens is 2. The number of rotatable bonds is 5. The average molecular weight is 353 g/mol. The molecule has 0 saturated carbocycles. The zero-order valence-electron chi connectivity index (χ0n) is 14.9. The van der Waals surface area contributed by atoms with Crippen molar-refractivity contribution in [3.8, 4) is 5.75 Å². The number of nitrogens with one attached hydrogen (secondary N) is 1. The van der Waals surface area contributed by atoms with Crippen LogP contribution in [0.25, 0.3) is 0 Å². The molecule has 2 aromatic carbocycles. The van der Waals surface area contributed by atoms with Crippen LogP contribution >= 0.6 is 0 Å². The van der Waals surface area contributed by atoms with Crippen molar-refractivity contribution in [2.75, 3.05) is 12.4 Å². The van der Waals surface area contributed by atoms with E-state index < -0.39 is 0 Å². The summed E-state index contributed by atoms with van der Waals surface area (Å²) in [5.74, 6) is 0.0869. The van der Waals surface area contributed by atoms with E-state index in [0.717, 1.165) is 5.69 Å². The number of amides is 1. The quantitative estimate of drug-likeness (QED) is 0.756. The lowest BCUT2D eigenvalue weighted by Crippen LogP contribution is -2.13. The van der Waals surface area contributed by atoms with Crippen molar-refractivity contribution in [1.29, 1.82) is 0 Å². The maximum absolute atomic E-state index is 13.9. The van der Waals surface area contributed by atoms with Crippen molar-refractivity contribution in [1.82, 2.24) is 9.78 Å². The molecule has 0 aliphatic carbocycles. The van der Waals surface area contributed by atoms with Crippen molar-refractivity contribution < 1.29 is 13.9 Å². The van der Waals surface area contributed by atoms with Crippen LogP contribution < -0.4 is 10.1 Å². The fraction of sp³-hybridized carbons (Fsp3) is 0.200. The molecule has 6 heteroatoms. The molecule has 1 heterocycles. The van der Waals surface area contributed by atoms with Gasteiger partial charge in [0.15, 0.2) is 0 Å². The minimum absolute atomic E-state index is 0.249. The summed E-state index contributed by atoms with van der Waals surface area (Å²) < 4.78 is 20.7. The van der Waals surface area contributed by atoms with Crippen molar-refractivity contribution in [3.63, 3.8) is 0 Å². The van der Waals surface area contributed by atoms with Gasteiger partial charge in [-0.1, -0.05) is 24.3 Å². The highest BCUT2D eigenvalue weighted by atomic mass is 19.1. The Kier molecular flexibility index (Phi) is 5.02. The molecule has 0 spiro atoms. The van der Waals surface area contributed by atoms with E-state index in [4.69, 9.17) is 4.74 Å². The highest BCUT2D eigenvalue weighted by Gasteiger charge is 2.16. The molecular formula is C20H20FN3O2. The number of ether oxygens (including phenoxy) is 1. The second-order valence-corrected chi connectivity index (χ2v) is 5.98. The maximum atomic E-state index is 13.9. The molecule has 0 bridgehead atoms. The second kappa shape index (κ2) is 7.39. The number of methoxy groups -OCH3 is 1. The van der Waals surface area contributed by atoms with Gasteiger partial charge in [-0.3, -0.25) is 9.48 Å². The normalized spacial score (nSPS) is 10.6. The zero-order valence-corrected chi connectivity index (χ0v) is 14.9. The molecule has 0 saturated heterocycles. The third-order valence-corrected chi connectivity index (χ3v) is 4.23. The molecule has 26 heavy (non-hydrogen) atoms. The van der Waals surface area contributed by atoms with Crippen molar-refractivity contribution in [2.45, 2.75) is 20.4 Å². The Hall–Kier alpha value is -3.15. The maximum Gasteiger partial charge on any atom is 0.255 e. The Labute approximate surface area is 151 Å². The van der Waals surface area contributed by atoms with Gasteiger partial charge >= 0.3 is 0 Å². The fourth-order valence-electron chi connectivity index (χ4n) is 2.77. The summed E-state index contributed by atoms with van der Waals surface area (Å²) in [5, 5.41) is 7.33. The molecule has 5 nitrogen and oxygen atoms in total. The van der Waals surface area contributed by atoms with E-state index in [2.05, 4.69) is 10.4 Å². The largest absolute Gasteiger partial charge is 0.497 e. The van der Waals surface area contributed by atoms with Crippen LogP contribution in [-0.2, 0) is 6.54 Å². The highest BCUT2D eigenvalue weighted by molar-refractivity contribution is 6.05. The summed E-state index contributed by atoms with van der Waals surface area (Å²) in [6.45, 7) is 3.96. The van der Waals surface area contributed by atoms with Gasteiger partial charge in [0, 0.05) is 11.1 Å². The van der Waals surface area contributed by atoms with Gasteiger partial charge in [0.1, 0.15) is 11.6 Å². The van der Waals surface area contributed by atoms with Crippen LogP contribution in [0.5, 0.6) is 5.75 Å². The predicted molar refractivity (Wildman–Crippen MR) is 98.2 cm³/mol. The van der Waals surface area contributed by atoms with Crippen molar-refractivity contribution in [3.05, 3.63) is 76.9 Å². The summed E-state index contributed by atoms with van der Waals surface area (Å²) in [5.41, 5.74) is 3.11. The van der Waals surface area contributed by atoms with Crippen molar-refractivity contribution in [2.24, 2.45) is 0 Å². The summed E-state index contributed by atoms with van der Waals surface area (Å²) >= 11 is 0. The number of benzene rings is 2. The minimum Gasteiger partial charge on any atom is -0.497 e. The first-order valence-corrected chi connectivity index (χ1v) is 8.22. The number of hydrogen-bond donors (Lipinski definition) is 1. The average Bonchev–Trinajstić information content (AvgIpc) is 2.91. The van der Waals surface area contributed by atoms with Gasteiger partial charge in [-0.15, -0.1) is 0 Å². The smallest absolute Gasteiger partial charge is 0.255 e. The summed E-state index contributed by atoms with van der Waals surface area (Å²) in [6, 6.07) is 13.5. The Morgan fingerprint density at radius 2 is 1.96 bits per heavy atom. The molecule has 0 atom stereocenters. The SMILES string of the molecule is COc1cccc(C(=O)Nc2c(C)nn(Cc3ccccc3F)c2C)c1. The number of carbonyl (C=O) groups is 1. The first-order valence-electron chi connectivity index (χ1n) is 8.22. The molecule has 0 aliphatic rings. The third kappa shape index (κ3) is 3.59. The molecule has 3 aromatic rings. The molecule has 134 valence electrons. The number of nitrogens with zero attached hydrogens (tertiary/aromatic N) is 2. The molecule has 3 rings (SSSR count). The van der Waals surface area contributed by atoms with Crippen molar-refractivity contribution >= 4 is 11.6 Å². The summed E-state index contributed by atoms with van der Waals surface area (Å²) in [7, 11) is 1.55. The predicted octanol–water partition coefficient (Wildman–Crippen LogP) is 3.95. The molecule has 0 unspecified atom stereocenters. The van der Waals surface area contributed by atoms with Crippen LogP contribution in [0.3, 0.4) is 0 Å². The summed E-state index contributed by atoms with van der Waals surface area (Å²) in [6.07, 6.45) is 0. The lowest BCUT2D eigenvalue weighted by molar-refractivity contribution is 0.102. The van der Waals surface area contributed by atoms with Gasteiger partial charge in [-0.05, 0) is 38.1 Å². The van der Waals surface area contributed by atoms with E-state index in [1.54, 1.807) is 54.3 Å². The Morgan fingerprint density at radius 3 is 2.69 bits per heavy atom. The molecular weight excluding hydrogens is 333 g/mol. The summed E-state index contributed by atoms with van der Waals surface area (Å²) in [4.78, 5) is 12.5. The van der Waals surface area contributed by atoms with E-state index >= 15 is 0 Å². The van der Waals surface area contributed by atoms with Gasteiger partial charge in [0.25, 0.3) is 5.91 Å². The number of hydrogen-bond acceptors (Lipinski definition) is 3. The Morgan fingerprint density at radius 1 is 1.19 bits per heavy atom. The fourth-order valence-corrected chi connectivity index (χ4v) is 2.77. The topological polar surface area (TPSA) is 56.1 Å². The monoisotopic (exact) mass is 353 g/mol. The van der Waals surface area contributed by atoms with Crippen LogP contribution in [0.1, 0.15) is 27.3 Å². The first-order chi connectivity index (χ1) is 12.5. The number of anilines is 1. The molecule has 0 aliphatic heterocycles. The van der Waals surface area contributed by atoms with E-state index in [1.807, 2.05) is 13.8 Å². The molecule has 1 amide bonds. The van der Waals surface area contributed by atoms with Gasteiger partial charge in [0.2, 0.25) is 0 Å². The van der Waals surface area contributed by atoms with Gasteiger partial charge in [0.05, 0.1) is 30.7 Å². The lowest BCUT2D eigenvalue weighted by atomic mass is 10.2. The highest BCUT2D eigenvalue weighted by Crippen LogP contribution is 2.22. The molecule has 0 fully saturated rings. The van der Waals surface area contributed by atoms with Crippen LogP contribution in [0, 0.1) is 19.7 Å². The van der Waals surface area contributed by atoms with E-state index in [9.17, 15) is 9.18 Å². The minimum atomic E-state index is -0.276. The number of halogens is 1. The van der Waals surface area contributed by atoms with E-state index in [0.29, 0.717) is 34.8 Å². The second-order valence-electron chi connectivity index (χ2n) is 5.98. The van der Waals surface area contributed by atoms with Gasteiger partial charge < -0.3 is 10.1 Å². The Bertz CT molecular complexity index is 950. The van der Waals surface area contributed by atoms with E-state index in [1.165, 1.54) is 6.07 Å². The zero-order chi connectivity index (χ0) is 18.7. The van der Waals surface area contributed by atoms with Gasteiger partial charge in [-0.2, -0.15) is 5.10 Å². The standard InChI is InChI=1S/C20H20FN3O2/c1-13-19(22-20(25)15-8-6-9-17(11-15)26-3)14(2)24(23-13)12-16-7-4-5-10-18(16)21/h4-11H,12H2,1-3H3,(H,22,25).